The van der Waals surface area contributed by atoms with E-state index in [1.807, 2.05) is 30.5 Å². The number of nitrogens with one attached hydrogen (secondary N) is 2. The van der Waals surface area contributed by atoms with Crippen molar-refractivity contribution in [2.24, 2.45) is 5.92 Å². The third kappa shape index (κ3) is 3.39. The Hall–Kier alpha value is -2.08. The lowest BCUT2D eigenvalue weighted by atomic mass is 10.2. The minimum absolute atomic E-state index is 0.0133. The predicted octanol–water partition coefficient (Wildman–Crippen LogP) is 3.73. The first-order valence-corrected chi connectivity index (χ1v) is 8.17. The van der Waals surface area contributed by atoms with Crippen LogP contribution in [0.2, 0.25) is 0 Å². The van der Waals surface area contributed by atoms with Crippen LogP contribution in [0.15, 0.2) is 29.8 Å². The molecule has 1 aliphatic rings. The van der Waals surface area contributed by atoms with Gasteiger partial charge in [0.2, 0.25) is 0 Å². The average Bonchev–Trinajstić information content (AvgIpc) is 3.19. The van der Waals surface area contributed by atoms with Gasteiger partial charge in [0, 0.05) is 17.3 Å². The fraction of sp³-hybridized carbons (Fsp3) is 0.375. The maximum absolute atomic E-state index is 12.2. The van der Waals surface area contributed by atoms with Gasteiger partial charge in [-0.05, 0) is 49.4 Å². The van der Waals surface area contributed by atoms with Crippen molar-refractivity contribution in [3.8, 4) is 5.75 Å². The summed E-state index contributed by atoms with van der Waals surface area (Å²) in [5.74, 6) is 1.32. The van der Waals surface area contributed by atoms with Crippen LogP contribution in [0.5, 0.6) is 5.75 Å². The molecule has 1 aromatic heterocycles. The lowest BCUT2D eigenvalue weighted by Gasteiger charge is -2.17. The monoisotopic (exact) mass is 317 g/mol. The fourth-order valence-corrected chi connectivity index (χ4v) is 3.24. The highest BCUT2D eigenvalue weighted by atomic mass is 32.1. The van der Waals surface area contributed by atoms with E-state index in [4.69, 9.17) is 4.74 Å². The van der Waals surface area contributed by atoms with Gasteiger partial charge in [-0.15, -0.1) is 11.3 Å². The number of aryl methyl sites for hydroxylation is 1. The smallest absolute Gasteiger partial charge is 0.319 e. The van der Waals surface area contributed by atoms with Gasteiger partial charge >= 0.3 is 6.03 Å². The number of methoxy groups -OCH3 is 1. The van der Waals surface area contributed by atoms with Crippen LogP contribution in [0, 0.1) is 12.8 Å². The normalized spacial score (nSPS) is 15.2. The van der Waals surface area contributed by atoms with Crippen LogP contribution in [-0.4, -0.2) is 18.1 Å². The average molecular weight is 317 g/mol. The van der Waals surface area contributed by atoms with E-state index in [0.717, 1.165) is 34.8 Å². The third-order valence-electron chi connectivity index (χ3n) is 3.75. The Morgan fingerprint density at radius 2 is 2.27 bits per heavy atom. The van der Waals surface area contributed by atoms with Gasteiger partial charge in [-0.1, -0.05) is 0 Å². The Balaban J connectivity index is 1.65. The Labute approximate surface area is 133 Å². The highest BCUT2D eigenvalue weighted by molar-refractivity contribution is 7.09. The van der Waals surface area contributed by atoms with Crippen molar-refractivity contribution in [2.75, 3.05) is 12.4 Å². The number of rotatable bonds is 5. The summed E-state index contributed by atoms with van der Waals surface area (Å²) >= 11 is 1.58. The number of anilines is 1. The molecule has 0 saturated heterocycles. The first-order chi connectivity index (χ1) is 10.7. The number of amides is 2. The predicted molar refractivity (Wildman–Crippen MR) is 87.5 cm³/mol. The number of benzene rings is 1. The number of urea groups is 1. The Bertz CT molecular complexity index is 653. The molecule has 1 aromatic carbocycles. The molecule has 1 fully saturated rings. The summed E-state index contributed by atoms with van der Waals surface area (Å²) in [5.41, 5.74) is 1.74. The second-order valence-corrected chi connectivity index (χ2v) is 6.39. The van der Waals surface area contributed by atoms with Gasteiger partial charge < -0.3 is 15.4 Å². The van der Waals surface area contributed by atoms with Crippen LogP contribution in [-0.2, 0) is 0 Å². The number of aromatic nitrogens is 1. The van der Waals surface area contributed by atoms with Gasteiger partial charge in [-0.25, -0.2) is 9.78 Å². The van der Waals surface area contributed by atoms with E-state index in [9.17, 15) is 4.79 Å². The molecule has 2 aromatic rings. The molecule has 116 valence electrons. The first-order valence-electron chi connectivity index (χ1n) is 7.29. The number of thiazole rings is 1. The molecule has 1 saturated carbocycles. The van der Waals surface area contributed by atoms with Crippen LogP contribution in [0.4, 0.5) is 10.5 Å². The molecule has 6 heteroatoms. The summed E-state index contributed by atoms with van der Waals surface area (Å²) in [6.45, 7) is 1.95. The number of ether oxygens (including phenoxy) is 1. The lowest BCUT2D eigenvalue weighted by Crippen LogP contribution is -2.33. The molecule has 0 radical (unpaired) electrons. The van der Waals surface area contributed by atoms with Crippen molar-refractivity contribution in [1.29, 1.82) is 0 Å². The maximum Gasteiger partial charge on any atom is 0.319 e. The van der Waals surface area contributed by atoms with E-state index < -0.39 is 0 Å². The summed E-state index contributed by atoms with van der Waals surface area (Å²) in [4.78, 5) is 16.6. The van der Waals surface area contributed by atoms with E-state index in [1.54, 1.807) is 24.6 Å². The number of nitrogens with zero attached hydrogens (tertiary/aromatic N) is 1. The molecule has 2 N–H and O–H groups in total. The minimum Gasteiger partial charge on any atom is -0.496 e. The molecule has 1 atom stereocenters. The Kier molecular flexibility index (Phi) is 4.29. The van der Waals surface area contributed by atoms with Crippen molar-refractivity contribution in [3.05, 3.63) is 40.3 Å². The van der Waals surface area contributed by atoms with Gasteiger partial charge in [0.05, 0.1) is 13.2 Å². The van der Waals surface area contributed by atoms with Crippen LogP contribution in [0.25, 0.3) is 0 Å². The quantitative estimate of drug-likeness (QED) is 0.883. The van der Waals surface area contributed by atoms with Crippen LogP contribution in [0.1, 0.15) is 29.5 Å². The number of hydrogen-bond donors (Lipinski definition) is 2. The van der Waals surface area contributed by atoms with Crippen LogP contribution in [0.3, 0.4) is 0 Å². The second kappa shape index (κ2) is 6.36. The molecular weight excluding hydrogens is 298 g/mol. The van der Waals surface area contributed by atoms with Crippen molar-refractivity contribution < 1.29 is 9.53 Å². The number of carbonyl (C=O) groups excluding carboxylic acids is 1. The molecule has 3 rings (SSSR count). The van der Waals surface area contributed by atoms with Crippen LogP contribution >= 0.6 is 11.3 Å². The molecule has 0 aliphatic heterocycles. The molecule has 2 amide bonds. The zero-order valence-electron chi connectivity index (χ0n) is 12.6. The van der Waals surface area contributed by atoms with E-state index in [2.05, 4.69) is 15.6 Å². The zero-order chi connectivity index (χ0) is 15.5. The van der Waals surface area contributed by atoms with Gasteiger partial charge in [0.1, 0.15) is 10.8 Å². The maximum atomic E-state index is 12.2. The second-order valence-electron chi connectivity index (χ2n) is 5.47. The third-order valence-corrected chi connectivity index (χ3v) is 4.61. The highest BCUT2D eigenvalue weighted by Gasteiger charge is 2.35. The summed E-state index contributed by atoms with van der Waals surface area (Å²) in [6.07, 6.45) is 4.07. The fourth-order valence-electron chi connectivity index (χ4n) is 2.46. The van der Waals surface area contributed by atoms with Gasteiger partial charge in [-0.2, -0.15) is 0 Å². The van der Waals surface area contributed by atoms with Crippen molar-refractivity contribution in [2.45, 2.75) is 25.8 Å². The van der Waals surface area contributed by atoms with Crippen molar-refractivity contribution >= 4 is 23.1 Å². The molecule has 1 aliphatic carbocycles. The molecule has 5 nitrogen and oxygen atoms in total. The molecular formula is C16H19N3O2S. The molecule has 1 heterocycles. The number of carbonyl (C=O) groups is 1. The van der Waals surface area contributed by atoms with Gasteiger partial charge in [0.25, 0.3) is 0 Å². The molecule has 0 bridgehead atoms. The van der Waals surface area contributed by atoms with Crippen LogP contribution < -0.4 is 15.4 Å². The SMILES string of the molecule is COc1ccc(NC(=O)NC(c2nccs2)C2CC2)cc1C. The lowest BCUT2D eigenvalue weighted by molar-refractivity contribution is 0.247. The number of hydrogen-bond acceptors (Lipinski definition) is 4. The Morgan fingerprint density at radius 3 is 2.86 bits per heavy atom. The van der Waals surface area contributed by atoms with E-state index in [1.165, 1.54) is 0 Å². The standard InChI is InChI=1S/C16H19N3O2S/c1-10-9-12(5-6-13(10)21-2)18-16(20)19-14(11-3-4-11)15-17-7-8-22-15/h5-9,11,14H,3-4H2,1-2H3,(H2,18,19,20). The van der Waals surface area contributed by atoms with Gasteiger partial charge in [-0.3, -0.25) is 0 Å². The van der Waals surface area contributed by atoms with E-state index >= 15 is 0 Å². The first kappa shape index (κ1) is 14.8. The summed E-state index contributed by atoms with van der Waals surface area (Å²) in [5, 5.41) is 8.84. The van der Waals surface area contributed by atoms with E-state index in [-0.39, 0.29) is 12.1 Å². The van der Waals surface area contributed by atoms with Gasteiger partial charge in [0.15, 0.2) is 0 Å². The Morgan fingerprint density at radius 1 is 1.45 bits per heavy atom. The molecule has 1 unspecified atom stereocenters. The summed E-state index contributed by atoms with van der Waals surface area (Å²) in [7, 11) is 1.64. The zero-order valence-corrected chi connectivity index (χ0v) is 13.4. The minimum atomic E-state index is -0.198. The highest BCUT2D eigenvalue weighted by Crippen LogP contribution is 2.41. The summed E-state index contributed by atoms with van der Waals surface area (Å²) in [6, 6.07) is 5.40. The van der Waals surface area contributed by atoms with E-state index in [0.29, 0.717) is 5.92 Å². The molecule has 0 spiro atoms. The van der Waals surface area contributed by atoms with Crippen molar-refractivity contribution in [1.82, 2.24) is 10.3 Å². The largest absolute Gasteiger partial charge is 0.496 e. The topological polar surface area (TPSA) is 63.2 Å². The van der Waals surface area contributed by atoms with Crippen molar-refractivity contribution in [3.63, 3.8) is 0 Å². The summed E-state index contributed by atoms with van der Waals surface area (Å²) < 4.78 is 5.22. The molecule has 22 heavy (non-hydrogen) atoms.